The van der Waals surface area contributed by atoms with Gasteiger partial charge in [-0.05, 0) is 73.6 Å². The summed E-state index contributed by atoms with van der Waals surface area (Å²) in [5, 5.41) is 1.46. The van der Waals surface area contributed by atoms with Gasteiger partial charge in [0.25, 0.3) is 11.1 Å². The summed E-state index contributed by atoms with van der Waals surface area (Å²) in [5.74, 6) is 0.183. The highest BCUT2D eigenvalue weighted by Gasteiger charge is 2.35. The number of hydrogen-bond acceptors (Lipinski definition) is 5. The maximum atomic E-state index is 13.2. The van der Waals surface area contributed by atoms with E-state index in [1.165, 1.54) is 4.90 Å². The number of anilines is 1. The van der Waals surface area contributed by atoms with Gasteiger partial charge >= 0.3 is 0 Å². The molecular formula is C28H24Cl4N2O3S. The summed E-state index contributed by atoms with van der Waals surface area (Å²) >= 11 is 25.4. The average Bonchev–Trinajstić information content (AvgIpc) is 3.14. The lowest BCUT2D eigenvalue weighted by molar-refractivity contribution is -0.123. The van der Waals surface area contributed by atoms with Gasteiger partial charge in [-0.3, -0.25) is 14.5 Å². The predicted octanol–water partition coefficient (Wildman–Crippen LogP) is 8.96. The summed E-state index contributed by atoms with van der Waals surface area (Å²) in [7, 11) is 0. The molecule has 0 radical (unpaired) electrons. The Balaban J connectivity index is 1.62. The highest BCUT2D eigenvalue weighted by Crippen LogP contribution is 2.37. The molecule has 0 bridgehead atoms. The molecule has 0 unspecified atom stereocenters. The smallest absolute Gasteiger partial charge is 0.293 e. The van der Waals surface area contributed by atoms with Crippen molar-refractivity contribution in [1.82, 2.24) is 4.90 Å². The standard InChI is InChI=1S/C28H24Cl4N2O3S/c1-3-33(4-2)21-9-7-18(25(14-21)37-16-19-6-8-20(29)13-23(19)31)12-26-27(35)34(28(36)38-26)15-17-5-10-22(30)24(32)11-17/h5-14H,3-4,15-16H2,1-2H3/b26-12-. The Morgan fingerprint density at radius 3 is 2.34 bits per heavy atom. The second kappa shape index (κ2) is 12.7. The minimum atomic E-state index is -0.384. The van der Waals surface area contributed by atoms with E-state index in [-0.39, 0.29) is 24.3 Å². The number of rotatable bonds is 9. The fraction of sp³-hybridized carbons (Fsp3) is 0.214. The summed E-state index contributed by atoms with van der Waals surface area (Å²) in [6, 6.07) is 16.1. The highest BCUT2D eigenvalue weighted by molar-refractivity contribution is 8.18. The topological polar surface area (TPSA) is 49.9 Å². The number of nitrogens with zero attached hydrogens (tertiary/aromatic N) is 2. The van der Waals surface area contributed by atoms with Crippen molar-refractivity contribution < 1.29 is 14.3 Å². The zero-order valence-electron chi connectivity index (χ0n) is 20.6. The Morgan fingerprint density at radius 2 is 1.66 bits per heavy atom. The normalized spacial score (nSPS) is 14.5. The molecule has 1 saturated heterocycles. The van der Waals surface area contributed by atoms with Crippen LogP contribution in [0.15, 0.2) is 59.5 Å². The van der Waals surface area contributed by atoms with Crippen LogP contribution in [0.4, 0.5) is 10.5 Å². The molecule has 0 aliphatic carbocycles. The van der Waals surface area contributed by atoms with Crippen molar-refractivity contribution in [3.05, 3.63) is 96.3 Å². The van der Waals surface area contributed by atoms with Gasteiger partial charge in [-0.25, -0.2) is 0 Å². The molecule has 0 aromatic heterocycles. The highest BCUT2D eigenvalue weighted by atomic mass is 35.5. The number of carbonyl (C=O) groups is 2. The lowest BCUT2D eigenvalue weighted by Crippen LogP contribution is -2.27. The summed E-state index contributed by atoms with van der Waals surface area (Å²) in [6.07, 6.45) is 1.69. The van der Waals surface area contributed by atoms with E-state index in [4.69, 9.17) is 51.1 Å². The molecule has 0 N–H and O–H groups in total. The van der Waals surface area contributed by atoms with Crippen molar-refractivity contribution >= 4 is 81.1 Å². The van der Waals surface area contributed by atoms with E-state index in [2.05, 4.69) is 18.7 Å². The molecule has 5 nitrogen and oxygen atoms in total. The number of thioether (sulfide) groups is 1. The van der Waals surface area contributed by atoms with E-state index in [9.17, 15) is 9.59 Å². The molecule has 1 heterocycles. The van der Waals surface area contributed by atoms with Crippen molar-refractivity contribution in [2.45, 2.75) is 27.0 Å². The zero-order valence-corrected chi connectivity index (χ0v) is 24.5. The van der Waals surface area contributed by atoms with E-state index >= 15 is 0 Å². The van der Waals surface area contributed by atoms with Crippen molar-refractivity contribution in [3.8, 4) is 5.75 Å². The number of imide groups is 1. The van der Waals surface area contributed by atoms with Gasteiger partial charge in [0, 0.05) is 46.0 Å². The van der Waals surface area contributed by atoms with Gasteiger partial charge in [0.2, 0.25) is 0 Å². The molecule has 38 heavy (non-hydrogen) atoms. The van der Waals surface area contributed by atoms with Crippen LogP contribution in [-0.4, -0.2) is 29.1 Å². The van der Waals surface area contributed by atoms with Crippen LogP contribution in [-0.2, 0) is 17.9 Å². The van der Waals surface area contributed by atoms with E-state index in [0.29, 0.717) is 41.9 Å². The van der Waals surface area contributed by atoms with E-state index in [1.807, 2.05) is 24.3 Å². The van der Waals surface area contributed by atoms with Gasteiger partial charge in [-0.15, -0.1) is 0 Å². The van der Waals surface area contributed by atoms with Crippen LogP contribution in [0.25, 0.3) is 6.08 Å². The third kappa shape index (κ3) is 6.61. The van der Waals surface area contributed by atoms with Gasteiger partial charge < -0.3 is 9.64 Å². The molecule has 4 rings (SSSR count). The molecule has 0 saturated carbocycles. The second-order valence-corrected chi connectivity index (χ2v) is 11.1. The Bertz CT molecular complexity index is 1410. The summed E-state index contributed by atoms with van der Waals surface area (Å²) in [5.41, 5.74) is 3.13. The molecule has 0 spiro atoms. The number of amides is 2. The Kier molecular flexibility index (Phi) is 9.55. The third-order valence-electron chi connectivity index (χ3n) is 6.01. The minimum absolute atomic E-state index is 0.0955. The summed E-state index contributed by atoms with van der Waals surface area (Å²) in [6.45, 7) is 6.11. The fourth-order valence-electron chi connectivity index (χ4n) is 3.95. The molecule has 2 amide bonds. The van der Waals surface area contributed by atoms with Gasteiger partial charge in [0.1, 0.15) is 12.4 Å². The van der Waals surface area contributed by atoms with E-state index < -0.39 is 0 Å². The molecule has 1 fully saturated rings. The minimum Gasteiger partial charge on any atom is -0.488 e. The summed E-state index contributed by atoms with van der Waals surface area (Å²) in [4.78, 5) is 29.6. The number of ether oxygens (including phenoxy) is 1. The molecule has 1 aliphatic heterocycles. The van der Waals surface area contributed by atoms with E-state index in [1.54, 1.807) is 36.4 Å². The first-order valence-electron chi connectivity index (χ1n) is 11.8. The van der Waals surface area contributed by atoms with Crippen LogP contribution in [0.3, 0.4) is 0 Å². The van der Waals surface area contributed by atoms with Crippen LogP contribution in [0, 0.1) is 0 Å². The lowest BCUT2D eigenvalue weighted by atomic mass is 10.1. The first-order chi connectivity index (χ1) is 18.2. The van der Waals surface area contributed by atoms with Crippen molar-refractivity contribution in [2.24, 2.45) is 0 Å². The maximum absolute atomic E-state index is 13.2. The maximum Gasteiger partial charge on any atom is 0.293 e. The molecule has 198 valence electrons. The average molecular weight is 610 g/mol. The zero-order chi connectivity index (χ0) is 27.4. The van der Waals surface area contributed by atoms with Gasteiger partial charge in [-0.2, -0.15) is 0 Å². The van der Waals surface area contributed by atoms with Crippen LogP contribution in [0.2, 0.25) is 20.1 Å². The Hall–Kier alpha value is -2.35. The molecular weight excluding hydrogens is 586 g/mol. The molecule has 10 heteroatoms. The first kappa shape index (κ1) is 28.7. The Morgan fingerprint density at radius 1 is 0.895 bits per heavy atom. The van der Waals surface area contributed by atoms with Gasteiger partial charge in [0.15, 0.2) is 0 Å². The Labute approximate surface area is 246 Å². The second-order valence-electron chi connectivity index (χ2n) is 8.44. The SMILES string of the molecule is CCN(CC)c1ccc(/C=C2\SC(=O)N(Cc3ccc(Cl)c(Cl)c3)C2=O)c(OCc2ccc(Cl)cc2Cl)c1. The number of halogens is 4. The van der Waals surface area contributed by atoms with Crippen LogP contribution < -0.4 is 9.64 Å². The monoisotopic (exact) mass is 608 g/mol. The molecule has 0 atom stereocenters. The van der Waals surface area contributed by atoms with Crippen LogP contribution in [0.1, 0.15) is 30.5 Å². The summed E-state index contributed by atoms with van der Waals surface area (Å²) < 4.78 is 6.20. The number of hydrogen-bond donors (Lipinski definition) is 0. The lowest BCUT2D eigenvalue weighted by Gasteiger charge is -2.22. The number of benzene rings is 3. The van der Waals surface area contributed by atoms with Crippen LogP contribution in [0.5, 0.6) is 5.75 Å². The van der Waals surface area contributed by atoms with Crippen molar-refractivity contribution in [3.63, 3.8) is 0 Å². The van der Waals surface area contributed by atoms with Crippen molar-refractivity contribution in [2.75, 3.05) is 18.0 Å². The predicted molar refractivity (Wildman–Crippen MR) is 159 cm³/mol. The van der Waals surface area contributed by atoms with Gasteiger partial charge in [0.05, 0.1) is 21.5 Å². The largest absolute Gasteiger partial charge is 0.488 e. The molecule has 1 aliphatic rings. The third-order valence-corrected chi connectivity index (χ3v) is 8.24. The number of carbonyl (C=O) groups excluding carboxylic acids is 2. The van der Waals surface area contributed by atoms with Gasteiger partial charge in [-0.1, -0.05) is 58.5 Å². The molecule has 3 aromatic rings. The first-order valence-corrected chi connectivity index (χ1v) is 14.2. The van der Waals surface area contributed by atoms with E-state index in [0.717, 1.165) is 36.1 Å². The van der Waals surface area contributed by atoms with Crippen LogP contribution >= 0.6 is 58.2 Å². The molecule has 3 aromatic carbocycles. The fourth-order valence-corrected chi connectivity index (χ4v) is 5.56. The van der Waals surface area contributed by atoms with Crippen molar-refractivity contribution in [1.29, 1.82) is 0 Å². The quantitative estimate of drug-likeness (QED) is 0.227.